The number of carbonyl (C=O) groups excluding carboxylic acids is 1. The third kappa shape index (κ3) is 3.20. The van der Waals surface area contributed by atoms with Gasteiger partial charge in [0.25, 0.3) is 5.91 Å². The van der Waals surface area contributed by atoms with Crippen molar-refractivity contribution in [3.8, 4) is 17.2 Å². The second-order valence-corrected chi connectivity index (χ2v) is 4.56. The van der Waals surface area contributed by atoms with Gasteiger partial charge < -0.3 is 20.3 Å². The minimum Gasteiger partial charge on any atom is -0.506 e. The van der Waals surface area contributed by atoms with E-state index in [-0.39, 0.29) is 11.3 Å². The lowest BCUT2D eigenvalue weighted by atomic mass is 10.1. The monoisotopic (exact) mass is 299 g/mol. The standard InChI is InChI=1S/C17H17NO4/c1-21-14-9-7-11(10-15(14)22-2)6-8-12-4-3-5-13(16(12)19)17(18)20/h3-10,19H,1-2H3,(H2,18,20)/b8-6+. The molecule has 0 fully saturated rings. The summed E-state index contributed by atoms with van der Waals surface area (Å²) >= 11 is 0. The fraction of sp³-hybridized carbons (Fsp3) is 0.118. The number of carbonyl (C=O) groups is 1. The molecule has 1 amide bonds. The molecule has 0 aliphatic heterocycles. The minimum absolute atomic E-state index is 0.0921. The van der Waals surface area contributed by atoms with E-state index in [1.807, 2.05) is 12.1 Å². The molecule has 0 aliphatic rings. The highest BCUT2D eigenvalue weighted by molar-refractivity contribution is 5.97. The van der Waals surface area contributed by atoms with Gasteiger partial charge in [-0.1, -0.05) is 30.4 Å². The van der Waals surface area contributed by atoms with E-state index in [0.29, 0.717) is 17.1 Å². The van der Waals surface area contributed by atoms with E-state index in [1.165, 1.54) is 6.07 Å². The highest BCUT2D eigenvalue weighted by Crippen LogP contribution is 2.29. The molecule has 0 radical (unpaired) electrons. The average molecular weight is 299 g/mol. The lowest BCUT2D eigenvalue weighted by Crippen LogP contribution is -2.11. The number of methoxy groups -OCH3 is 2. The molecule has 5 heteroatoms. The number of rotatable bonds is 5. The number of hydrogen-bond acceptors (Lipinski definition) is 4. The van der Waals surface area contributed by atoms with Crippen molar-refractivity contribution in [2.24, 2.45) is 5.73 Å². The Morgan fingerprint density at radius 1 is 1.09 bits per heavy atom. The zero-order valence-electron chi connectivity index (χ0n) is 12.4. The molecule has 0 heterocycles. The molecule has 0 spiro atoms. The van der Waals surface area contributed by atoms with Gasteiger partial charge in [-0.25, -0.2) is 0 Å². The predicted molar refractivity (Wildman–Crippen MR) is 85.1 cm³/mol. The van der Waals surface area contributed by atoms with E-state index in [4.69, 9.17) is 15.2 Å². The van der Waals surface area contributed by atoms with Crippen LogP contribution in [0.4, 0.5) is 0 Å². The third-order valence-electron chi connectivity index (χ3n) is 3.20. The molecule has 0 saturated carbocycles. The Morgan fingerprint density at radius 2 is 1.82 bits per heavy atom. The maximum Gasteiger partial charge on any atom is 0.252 e. The van der Waals surface area contributed by atoms with Crippen molar-refractivity contribution in [3.63, 3.8) is 0 Å². The number of nitrogens with two attached hydrogens (primary N) is 1. The first-order valence-corrected chi connectivity index (χ1v) is 6.58. The van der Waals surface area contributed by atoms with Crippen molar-refractivity contribution in [1.82, 2.24) is 0 Å². The number of primary amides is 1. The fourth-order valence-electron chi connectivity index (χ4n) is 2.04. The molecule has 0 bridgehead atoms. The number of para-hydroxylation sites is 1. The van der Waals surface area contributed by atoms with Gasteiger partial charge in [-0.15, -0.1) is 0 Å². The maximum atomic E-state index is 11.2. The third-order valence-corrected chi connectivity index (χ3v) is 3.20. The largest absolute Gasteiger partial charge is 0.506 e. The van der Waals surface area contributed by atoms with Crippen molar-refractivity contribution >= 4 is 18.1 Å². The summed E-state index contributed by atoms with van der Waals surface area (Å²) in [5.74, 6) is 0.448. The number of hydrogen-bond donors (Lipinski definition) is 2. The molecule has 2 aromatic carbocycles. The first kappa shape index (κ1) is 15.4. The fourth-order valence-corrected chi connectivity index (χ4v) is 2.04. The molecule has 5 nitrogen and oxygen atoms in total. The number of amides is 1. The van der Waals surface area contributed by atoms with E-state index in [2.05, 4.69) is 0 Å². The van der Waals surface area contributed by atoms with Crippen LogP contribution in [0.2, 0.25) is 0 Å². The zero-order valence-corrected chi connectivity index (χ0v) is 12.4. The van der Waals surface area contributed by atoms with E-state index in [1.54, 1.807) is 44.6 Å². The minimum atomic E-state index is -0.668. The Balaban J connectivity index is 2.33. The molecular weight excluding hydrogens is 282 g/mol. The second kappa shape index (κ2) is 6.67. The van der Waals surface area contributed by atoms with Gasteiger partial charge >= 0.3 is 0 Å². The van der Waals surface area contributed by atoms with Gasteiger partial charge in [-0.3, -0.25) is 4.79 Å². The SMILES string of the molecule is COc1ccc(/C=C/c2cccc(C(N)=O)c2O)cc1OC. The van der Waals surface area contributed by atoms with Crippen LogP contribution < -0.4 is 15.2 Å². The summed E-state index contributed by atoms with van der Waals surface area (Å²) in [5.41, 5.74) is 6.67. The van der Waals surface area contributed by atoms with Crippen LogP contribution in [-0.4, -0.2) is 25.2 Å². The maximum absolute atomic E-state index is 11.2. The highest BCUT2D eigenvalue weighted by atomic mass is 16.5. The van der Waals surface area contributed by atoms with E-state index in [0.717, 1.165) is 5.56 Å². The molecule has 114 valence electrons. The van der Waals surface area contributed by atoms with Crippen LogP contribution in [0.3, 0.4) is 0 Å². The first-order valence-electron chi connectivity index (χ1n) is 6.58. The van der Waals surface area contributed by atoms with Crippen LogP contribution in [-0.2, 0) is 0 Å². The Bertz CT molecular complexity index is 723. The molecule has 22 heavy (non-hydrogen) atoms. The average Bonchev–Trinajstić information content (AvgIpc) is 2.53. The van der Waals surface area contributed by atoms with Crippen LogP contribution in [0.5, 0.6) is 17.2 Å². The van der Waals surface area contributed by atoms with Crippen LogP contribution in [0.15, 0.2) is 36.4 Å². The number of aromatic hydroxyl groups is 1. The Morgan fingerprint density at radius 3 is 2.45 bits per heavy atom. The molecular formula is C17H17NO4. The lowest BCUT2D eigenvalue weighted by molar-refractivity contribution is 0.0997. The topological polar surface area (TPSA) is 81.8 Å². The van der Waals surface area contributed by atoms with Gasteiger partial charge in [0.05, 0.1) is 19.8 Å². The molecule has 3 N–H and O–H groups in total. The normalized spacial score (nSPS) is 10.6. The summed E-state index contributed by atoms with van der Waals surface area (Å²) in [6.07, 6.45) is 3.49. The Hall–Kier alpha value is -2.95. The molecule has 0 unspecified atom stereocenters. The second-order valence-electron chi connectivity index (χ2n) is 4.56. The van der Waals surface area contributed by atoms with Gasteiger partial charge in [0.15, 0.2) is 11.5 Å². The first-order chi connectivity index (χ1) is 10.6. The van der Waals surface area contributed by atoms with Gasteiger partial charge in [0, 0.05) is 5.56 Å². The van der Waals surface area contributed by atoms with E-state index < -0.39 is 5.91 Å². The summed E-state index contributed by atoms with van der Waals surface area (Å²) in [5, 5.41) is 10.0. The lowest BCUT2D eigenvalue weighted by Gasteiger charge is -2.08. The summed E-state index contributed by atoms with van der Waals surface area (Å²) < 4.78 is 10.4. The van der Waals surface area contributed by atoms with Gasteiger partial charge in [-0.2, -0.15) is 0 Å². The zero-order chi connectivity index (χ0) is 16.1. The smallest absolute Gasteiger partial charge is 0.252 e. The van der Waals surface area contributed by atoms with Crippen molar-refractivity contribution in [2.45, 2.75) is 0 Å². The molecule has 0 atom stereocenters. The van der Waals surface area contributed by atoms with Gasteiger partial charge in [0.2, 0.25) is 0 Å². The van der Waals surface area contributed by atoms with Crippen molar-refractivity contribution in [3.05, 3.63) is 53.1 Å². The highest BCUT2D eigenvalue weighted by Gasteiger charge is 2.09. The van der Waals surface area contributed by atoms with E-state index >= 15 is 0 Å². The van der Waals surface area contributed by atoms with Crippen molar-refractivity contribution in [1.29, 1.82) is 0 Å². The molecule has 2 aromatic rings. The quantitative estimate of drug-likeness (QED) is 0.832. The Labute approximate surface area is 128 Å². The summed E-state index contributed by atoms with van der Waals surface area (Å²) in [4.78, 5) is 11.2. The van der Waals surface area contributed by atoms with Crippen molar-refractivity contribution in [2.75, 3.05) is 14.2 Å². The summed E-state index contributed by atoms with van der Waals surface area (Å²) in [7, 11) is 3.13. The van der Waals surface area contributed by atoms with Crippen molar-refractivity contribution < 1.29 is 19.4 Å². The van der Waals surface area contributed by atoms with Crippen LogP contribution in [0.25, 0.3) is 12.2 Å². The predicted octanol–water partition coefficient (Wildman–Crippen LogP) is 2.68. The number of ether oxygens (including phenoxy) is 2. The van der Waals surface area contributed by atoms with E-state index in [9.17, 15) is 9.90 Å². The van der Waals surface area contributed by atoms with Gasteiger partial charge in [-0.05, 0) is 23.8 Å². The number of benzene rings is 2. The Kier molecular flexibility index (Phi) is 4.68. The summed E-state index contributed by atoms with van der Waals surface area (Å²) in [6.45, 7) is 0. The number of phenols is 1. The molecule has 2 rings (SSSR count). The molecule has 0 aliphatic carbocycles. The van der Waals surface area contributed by atoms with Crippen LogP contribution in [0.1, 0.15) is 21.5 Å². The van der Waals surface area contributed by atoms with Crippen LogP contribution in [0, 0.1) is 0 Å². The summed E-state index contributed by atoms with van der Waals surface area (Å²) in [6, 6.07) is 10.3. The molecule has 0 saturated heterocycles. The van der Waals surface area contributed by atoms with Gasteiger partial charge in [0.1, 0.15) is 5.75 Å². The molecule has 0 aromatic heterocycles. The van der Waals surface area contributed by atoms with Crippen LogP contribution >= 0.6 is 0 Å².